The van der Waals surface area contributed by atoms with Gasteiger partial charge in [-0.2, -0.15) is 8.78 Å². The summed E-state index contributed by atoms with van der Waals surface area (Å²) < 4.78 is 39.5. The Morgan fingerprint density at radius 3 is 2.47 bits per heavy atom. The van der Waals surface area contributed by atoms with Crippen molar-refractivity contribution in [2.24, 2.45) is 0 Å². The van der Waals surface area contributed by atoms with Gasteiger partial charge in [-0.25, -0.2) is 4.39 Å². The first kappa shape index (κ1) is 12.3. The number of hydrogen-bond donors (Lipinski definition) is 0. The molecule has 0 aliphatic heterocycles. The molecule has 1 rings (SSSR count). The predicted octanol–water partition coefficient (Wildman–Crippen LogP) is 3.38. The Bertz CT molecular complexity index is 393. The lowest BCUT2D eigenvalue weighted by Gasteiger charge is -2.14. The van der Waals surface area contributed by atoms with Crippen LogP contribution in [-0.2, 0) is 10.7 Å². The van der Waals surface area contributed by atoms with Gasteiger partial charge in [-0.05, 0) is 18.2 Å². The highest BCUT2D eigenvalue weighted by atomic mass is 35.5. The van der Waals surface area contributed by atoms with Crippen LogP contribution in [-0.4, -0.2) is 11.7 Å². The minimum Gasteiger partial charge on any atom is -0.291 e. The Morgan fingerprint density at radius 1 is 1.40 bits per heavy atom. The molecule has 0 saturated heterocycles. The molecular formula is C9H5Cl2F3O. The first-order valence-corrected chi connectivity index (χ1v) is 4.73. The summed E-state index contributed by atoms with van der Waals surface area (Å²) in [7, 11) is 0. The summed E-state index contributed by atoms with van der Waals surface area (Å²) in [6.07, 6.45) is 0. The van der Waals surface area contributed by atoms with E-state index in [1.165, 1.54) is 0 Å². The zero-order valence-corrected chi connectivity index (χ0v) is 8.75. The van der Waals surface area contributed by atoms with Gasteiger partial charge in [0.2, 0.25) is 5.78 Å². The summed E-state index contributed by atoms with van der Waals surface area (Å²) >= 11 is 10.4. The fourth-order valence-corrected chi connectivity index (χ4v) is 1.30. The summed E-state index contributed by atoms with van der Waals surface area (Å²) in [5.41, 5.74) is -1.02. The molecule has 0 spiro atoms. The van der Waals surface area contributed by atoms with Gasteiger partial charge in [-0.1, -0.05) is 11.6 Å². The monoisotopic (exact) mass is 256 g/mol. The van der Waals surface area contributed by atoms with Crippen LogP contribution < -0.4 is 0 Å². The second-order valence-corrected chi connectivity index (χ2v) is 3.46. The minimum atomic E-state index is -3.92. The van der Waals surface area contributed by atoms with Crippen LogP contribution >= 0.6 is 23.2 Å². The SMILES string of the molecule is O=C(CCl)C(F)(F)c1ccc(Cl)cc1F. The first-order chi connectivity index (χ1) is 6.89. The maximum Gasteiger partial charge on any atom is 0.334 e. The molecule has 15 heavy (non-hydrogen) atoms. The van der Waals surface area contributed by atoms with Crippen LogP contribution in [0.1, 0.15) is 5.56 Å². The predicted molar refractivity (Wildman–Crippen MR) is 51.0 cm³/mol. The number of Topliss-reactive ketones (excluding diaryl/α,β-unsaturated/α-hetero) is 1. The quantitative estimate of drug-likeness (QED) is 0.758. The van der Waals surface area contributed by atoms with Crippen molar-refractivity contribution in [2.45, 2.75) is 5.92 Å². The zero-order chi connectivity index (χ0) is 11.6. The molecule has 82 valence electrons. The van der Waals surface area contributed by atoms with E-state index in [0.717, 1.165) is 12.1 Å². The molecule has 0 unspecified atom stereocenters. The van der Waals surface area contributed by atoms with Crippen molar-refractivity contribution in [1.29, 1.82) is 0 Å². The highest BCUT2D eigenvalue weighted by Gasteiger charge is 2.41. The Labute approximate surface area is 93.8 Å². The largest absolute Gasteiger partial charge is 0.334 e. The van der Waals surface area contributed by atoms with Gasteiger partial charge in [-0.15, -0.1) is 11.6 Å². The summed E-state index contributed by atoms with van der Waals surface area (Å²) in [5, 5.41) is -0.0228. The normalized spacial score (nSPS) is 11.5. The summed E-state index contributed by atoms with van der Waals surface area (Å²) in [6.45, 7) is 0. The number of carbonyl (C=O) groups excluding carboxylic acids is 1. The number of carbonyl (C=O) groups is 1. The van der Waals surface area contributed by atoms with Gasteiger partial charge in [0, 0.05) is 5.02 Å². The molecule has 0 atom stereocenters. The van der Waals surface area contributed by atoms with E-state index in [1.54, 1.807) is 0 Å². The molecule has 0 heterocycles. The van der Waals surface area contributed by atoms with Crippen molar-refractivity contribution in [3.8, 4) is 0 Å². The number of ketones is 1. The molecule has 0 aliphatic rings. The molecule has 0 amide bonds. The van der Waals surface area contributed by atoms with Gasteiger partial charge >= 0.3 is 5.92 Å². The molecule has 0 aromatic heterocycles. The lowest BCUT2D eigenvalue weighted by molar-refractivity contribution is -0.141. The third-order valence-corrected chi connectivity index (χ3v) is 2.22. The average molecular weight is 257 g/mol. The second kappa shape index (κ2) is 4.41. The van der Waals surface area contributed by atoms with Gasteiger partial charge in [0.25, 0.3) is 0 Å². The van der Waals surface area contributed by atoms with Gasteiger partial charge < -0.3 is 0 Å². The highest BCUT2D eigenvalue weighted by Crippen LogP contribution is 2.32. The Morgan fingerprint density at radius 2 is 2.00 bits per heavy atom. The number of alkyl halides is 3. The maximum atomic E-state index is 13.2. The van der Waals surface area contributed by atoms with Gasteiger partial charge in [0.05, 0.1) is 11.4 Å². The maximum absolute atomic E-state index is 13.2. The standard InChI is InChI=1S/C9H5Cl2F3O/c10-4-8(15)9(13,14)6-2-1-5(11)3-7(6)12/h1-3H,4H2. The van der Waals surface area contributed by atoms with E-state index in [-0.39, 0.29) is 5.02 Å². The van der Waals surface area contributed by atoms with E-state index in [0.29, 0.717) is 6.07 Å². The Hall–Kier alpha value is -0.740. The summed E-state index contributed by atoms with van der Waals surface area (Å²) in [6, 6.07) is 2.56. The molecule has 0 fully saturated rings. The fourth-order valence-electron chi connectivity index (χ4n) is 0.978. The smallest absolute Gasteiger partial charge is 0.291 e. The van der Waals surface area contributed by atoms with E-state index in [1.807, 2.05) is 0 Å². The molecule has 0 bridgehead atoms. The highest BCUT2D eigenvalue weighted by molar-refractivity contribution is 6.30. The van der Waals surface area contributed by atoms with E-state index < -0.39 is 29.0 Å². The van der Waals surface area contributed by atoms with Crippen molar-refractivity contribution in [3.05, 3.63) is 34.6 Å². The van der Waals surface area contributed by atoms with Crippen LogP contribution in [0.5, 0.6) is 0 Å². The van der Waals surface area contributed by atoms with Crippen molar-refractivity contribution in [3.63, 3.8) is 0 Å². The molecule has 6 heteroatoms. The van der Waals surface area contributed by atoms with E-state index in [4.69, 9.17) is 23.2 Å². The van der Waals surface area contributed by atoms with Crippen molar-refractivity contribution in [1.82, 2.24) is 0 Å². The lowest BCUT2D eigenvalue weighted by Crippen LogP contribution is -2.28. The second-order valence-electron chi connectivity index (χ2n) is 2.76. The summed E-state index contributed by atoms with van der Waals surface area (Å²) in [4.78, 5) is 10.8. The molecule has 1 aromatic carbocycles. The van der Waals surface area contributed by atoms with Crippen LogP contribution in [0.25, 0.3) is 0 Å². The minimum absolute atomic E-state index is 0.0228. The van der Waals surface area contributed by atoms with Gasteiger partial charge in [0.15, 0.2) is 0 Å². The van der Waals surface area contributed by atoms with Crippen LogP contribution in [0.15, 0.2) is 18.2 Å². The fraction of sp³-hybridized carbons (Fsp3) is 0.222. The van der Waals surface area contributed by atoms with E-state index in [9.17, 15) is 18.0 Å². The average Bonchev–Trinajstić information content (AvgIpc) is 2.15. The molecule has 0 aliphatic carbocycles. The first-order valence-electron chi connectivity index (χ1n) is 3.82. The van der Waals surface area contributed by atoms with Crippen LogP contribution in [0.3, 0.4) is 0 Å². The molecular weight excluding hydrogens is 252 g/mol. The Balaban J connectivity index is 3.21. The van der Waals surface area contributed by atoms with Gasteiger partial charge in [-0.3, -0.25) is 4.79 Å². The van der Waals surface area contributed by atoms with Crippen LogP contribution in [0.2, 0.25) is 5.02 Å². The van der Waals surface area contributed by atoms with Crippen molar-refractivity contribution in [2.75, 3.05) is 5.88 Å². The third-order valence-electron chi connectivity index (χ3n) is 1.74. The van der Waals surface area contributed by atoms with E-state index >= 15 is 0 Å². The van der Waals surface area contributed by atoms with Gasteiger partial charge in [0.1, 0.15) is 5.82 Å². The molecule has 0 N–H and O–H groups in total. The topological polar surface area (TPSA) is 17.1 Å². The van der Waals surface area contributed by atoms with Crippen LogP contribution in [0.4, 0.5) is 13.2 Å². The molecule has 1 aromatic rings. The Kier molecular flexibility index (Phi) is 3.62. The number of hydrogen-bond acceptors (Lipinski definition) is 1. The molecule has 1 nitrogen and oxygen atoms in total. The summed E-state index contributed by atoms with van der Waals surface area (Å²) in [5.74, 6) is -7.58. The van der Waals surface area contributed by atoms with Crippen molar-refractivity contribution < 1.29 is 18.0 Å². The molecule has 0 radical (unpaired) electrons. The molecule has 0 saturated carbocycles. The number of halogens is 5. The number of benzene rings is 1. The van der Waals surface area contributed by atoms with Crippen LogP contribution in [0, 0.1) is 5.82 Å². The van der Waals surface area contributed by atoms with E-state index in [2.05, 4.69) is 0 Å². The zero-order valence-electron chi connectivity index (χ0n) is 7.24. The number of rotatable bonds is 3. The lowest BCUT2D eigenvalue weighted by atomic mass is 10.0. The third kappa shape index (κ3) is 2.44. The van der Waals surface area contributed by atoms with Crippen molar-refractivity contribution >= 4 is 29.0 Å².